The van der Waals surface area contributed by atoms with Crippen LogP contribution < -0.4 is 0 Å². The molecule has 0 N–H and O–H groups in total. The molecule has 0 spiro atoms. The van der Waals surface area contributed by atoms with Crippen LogP contribution in [0.5, 0.6) is 0 Å². The Labute approximate surface area is 97.1 Å². The molecule has 0 saturated carbocycles. The second-order valence-corrected chi connectivity index (χ2v) is 8.20. The Bertz CT molecular complexity index is 435. The van der Waals surface area contributed by atoms with Crippen molar-refractivity contribution < 1.29 is 4.79 Å². The van der Waals surface area contributed by atoms with E-state index in [1.54, 1.807) is 12.1 Å². The van der Waals surface area contributed by atoms with Crippen molar-refractivity contribution in [1.29, 1.82) is 0 Å². The lowest BCUT2D eigenvalue weighted by molar-refractivity contribution is 0.112. The van der Waals surface area contributed by atoms with Crippen LogP contribution in [-0.4, -0.2) is 25.1 Å². The topological polar surface area (TPSA) is 17.1 Å². The lowest BCUT2D eigenvalue weighted by Crippen LogP contribution is -1.86. The number of carbonyl (C=O) groups excluding carboxylic acids is 1. The number of hydrogen-bond donors (Lipinski definition) is 0. The van der Waals surface area contributed by atoms with E-state index in [9.17, 15) is 4.79 Å². The highest BCUT2D eigenvalue weighted by Crippen LogP contribution is 2.32. The molecule has 0 saturated heterocycles. The highest BCUT2D eigenvalue weighted by Gasteiger charge is 2.00. The second-order valence-electron chi connectivity index (χ2n) is 3.92. The predicted octanol–water partition coefficient (Wildman–Crippen LogP) is 3.16. The zero-order valence-electron chi connectivity index (χ0n) is 9.00. The molecular formula is C12H13ClOS. The third-order valence-electron chi connectivity index (χ3n) is 1.63. The quantitative estimate of drug-likeness (QED) is 0.545. The van der Waals surface area contributed by atoms with E-state index in [2.05, 4.69) is 29.9 Å². The highest BCUT2D eigenvalue weighted by atomic mass is 35.5. The Kier molecular flexibility index (Phi) is 3.84. The molecular weight excluding hydrogens is 228 g/mol. The van der Waals surface area contributed by atoms with Crippen LogP contribution in [0.25, 0.3) is 0 Å². The molecule has 0 aliphatic carbocycles. The molecule has 15 heavy (non-hydrogen) atoms. The molecule has 3 heteroatoms. The van der Waals surface area contributed by atoms with Crippen LogP contribution in [-0.2, 0) is 0 Å². The summed E-state index contributed by atoms with van der Waals surface area (Å²) in [6.07, 6.45) is 7.12. The first kappa shape index (κ1) is 12.2. The Balaban J connectivity index is 3.02. The number of benzene rings is 1. The third kappa shape index (κ3) is 3.99. The van der Waals surface area contributed by atoms with Crippen LogP contribution in [0.3, 0.4) is 0 Å². The predicted molar refractivity (Wildman–Crippen MR) is 69.1 cm³/mol. The molecule has 0 aliphatic heterocycles. The van der Waals surface area contributed by atoms with E-state index in [-0.39, 0.29) is 0 Å². The zero-order chi connectivity index (χ0) is 11.5. The first-order valence-electron chi connectivity index (χ1n) is 4.38. The van der Waals surface area contributed by atoms with E-state index < -0.39 is 10.0 Å². The standard InChI is InChI=1S/C12H13ClOS/c1-15(2,3)7-6-10-4-5-11(9-14)12(13)8-10/h4-5,8-9H,1-3H3. The second kappa shape index (κ2) is 4.74. The molecule has 1 aromatic carbocycles. The van der Waals surface area contributed by atoms with Gasteiger partial charge in [0.2, 0.25) is 0 Å². The Morgan fingerprint density at radius 2 is 2.00 bits per heavy atom. The van der Waals surface area contributed by atoms with Crippen molar-refractivity contribution in [3.63, 3.8) is 0 Å². The van der Waals surface area contributed by atoms with Gasteiger partial charge in [-0.05, 0) is 42.2 Å². The number of rotatable bonds is 1. The average molecular weight is 241 g/mol. The summed E-state index contributed by atoms with van der Waals surface area (Å²) in [5, 5.41) is 3.65. The number of carbonyl (C=O) groups is 1. The molecule has 0 atom stereocenters. The maximum Gasteiger partial charge on any atom is 0.151 e. The van der Waals surface area contributed by atoms with Gasteiger partial charge in [-0.1, -0.05) is 17.5 Å². The van der Waals surface area contributed by atoms with Gasteiger partial charge in [0.05, 0.1) is 5.02 Å². The lowest BCUT2D eigenvalue weighted by Gasteiger charge is -2.14. The van der Waals surface area contributed by atoms with Crippen LogP contribution >= 0.6 is 21.6 Å². The molecule has 1 rings (SSSR count). The van der Waals surface area contributed by atoms with Gasteiger partial charge >= 0.3 is 0 Å². The molecule has 0 bridgehead atoms. The van der Waals surface area contributed by atoms with Gasteiger partial charge in [-0.3, -0.25) is 4.79 Å². The molecule has 0 aromatic heterocycles. The summed E-state index contributed by atoms with van der Waals surface area (Å²) >= 11 is 5.89. The highest BCUT2D eigenvalue weighted by molar-refractivity contribution is 8.35. The van der Waals surface area contributed by atoms with Gasteiger partial charge in [0.15, 0.2) is 6.29 Å². The van der Waals surface area contributed by atoms with E-state index in [4.69, 9.17) is 11.6 Å². The summed E-state index contributed by atoms with van der Waals surface area (Å²) in [4.78, 5) is 10.5. The van der Waals surface area contributed by atoms with E-state index in [1.807, 2.05) is 6.07 Å². The Morgan fingerprint density at radius 1 is 1.33 bits per heavy atom. The summed E-state index contributed by atoms with van der Waals surface area (Å²) in [6.45, 7) is 0. The molecule has 0 heterocycles. The maximum absolute atomic E-state index is 10.5. The fourth-order valence-electron chi connectivity index (χ4n) is 0.912. The number of halogens is 1. The normalized spacial score (nSPS) is 11.5. The smallest absolute Gasteiger partial charge is 0.151 e. The fourth-order valence-corrected chi connectivity index (χ4v) is 1.56. The van der Waals surface area contributed by atoms with Gasteiger partial charge in [0, 0.05) is 11.1 Å². The third-order valence-corrected chi connectivity index (χ3v) is 2.67. The van der Waals surface area contributed by atoms with Gasteiger partial charge in [0.25, 0.3) is 0 Å². The largest absolute Gasteiger partial charge is 0.298 e. The van der Waals surface area contributed by atoms with Gasteiger partial charge in [-0.25, -0.2) is 0 Å². The minimum absolute atomic E-state index is 0.459. The summed E-state index contributed by atoms with van der Waals surface area (Å²) in [5.41, 5.74) is 1.36. The number of hydrogen-bond acceptors (Lipinski definition) is 1. The molecule has 0 radical (unpaired) electrons. The van der Waals surface area contributed by atoms with Crippen molar-refractivity contribution in [1.82, 2.24) is 0 Å². The maximum atomic E-state index is 10.5. The minimum Gasteiger partial charge on any atom is -0.298 e. The van der Waals surface area contributed by atoms with Crippen molar-refractivity contribution in [2.24, 2.45) is 0 Å². The van der Waals surface area contributed by atoms with Gasteiger partial charge < -0.3 is 0 Å². The zero-order valence-corrected chi connectivity index (χ0v) is 10.6. The molecule has 0 unspecified atom stereocenters. The molecule has 0 fully saturated rings. The van der Waals surface area contributed by atoms with E-state index in [1.165, 1.54) is 0 Å². The molecule has 1 aromatic rings. The Hall–Kier alpha value is -0.910. The summed E-state index contributed by atoms with van der Waals surface area (Å²) in [5.74, 6) is 3.06. The van der Waals surface area contributed by atoms with Crippen LogP contribution in [0, 0.1) is 11.2 Å². The van der Waals surface area contributed by atoms with E-state index in [0.717, 1.165) is 11.8 Å². The van der Waals surface area contributed by atoms with Crippen molar-refractivity contribution in [2.75, 3.05) is 18.8 Å². The molecule has 1 nitrogen and oxygen atoms in total. The minimum atomic E-state index is -0.825. The first-order valence-corrected chi connectivity index (χ1v) is 7.62. The average Bonchev–Trinajstić information content (AvgIpc) is 2.14. The van der Waals surface area contributed by atoms with Crippen molar-refractivity contribution in [3.05, 3.63) is 34.3 Å². The first-order chi connectivity index (χ1) is 6.92. The summed E-state index contributed by atoms with van der Waals surface area (Å²) in [7, 11) is -0.825. The van der Waals surface area contributed by atoms with Gasteiger partial charge in [0.1, 0.15) is 0 Å². The SMILES string of the molecule is CS(C)(C)C#Cc1ccc(C=O)c(Cl)c1. The van der Waals surface area contributed by atoms with Crippen LogP contribution in [0.2, 0.25) is 5.02 Å². The fraction of sp³-hybridized carbons (Fsp3) is 0.250. The number of aldehydes is 1. The monoisotopic (exact) mass is 240 g/mol. The molecule has 0 amide bonds. The van der Waals surface area contributed by atoms with Crippen LogP contribution in [0.4, 0.5) is 0 Å². The van der Waals surface area contributed by atoms with Crippen molar-refractivity contribution in [3.8, 4) is 11.2 Å². The van der Waals surface area contributed by atoms with Crippen LogP contribution in [0.15, 0.2) is 18.2 Å². The summed E-state index contributed by atoms with van der Waals surface area (Å²) in [6, 6.07) is 5.23. The van der Waals surface area contributed by atoms with Crippen molar-refractivity contribution in [2.45, 2.75) is 0 Å². The van der Waals surface area contributed by atoms with Crippen LogP contribution in [0.1, 0.15) is 15.9 Å². The lowest BCUT2D eigenvalue weighted by atomic mass is 10.1. The Morgan fingerprint density at radius 3 is 2.47 bits per heavy atom. The molecule has 0 aliphatic rings. The van der Waals surface area contributed by atoms with Gasteiger partial charge in [-0.15, -0.1) is 0 Å². The summed E-state index contributed by atoms with van der Waals surface area (Å²) < 4.78 is 0. The van der Waals surface area contributed by atoms with E-state index >= 15 is 0 Å². The van der Waals surface area contributed by atoms with E-state index in [0.29, 0.717) is 10.6 Å². The van der Waals surface area contributed by atoms with Crippen molar-refractivity contribution >= 4 is 27.9 Å². The molecule has 80 valence electrons. The van der Waals surface area contributed by atoms with Gasteiger partial charge in [-0.2, -0.15) is 10.0 Å².